The van der Waals surface area contributed by atoms with Crippen LogP contribution in [0.15, 0.2) is 35.5 Å². The summed E-state index contributed by atoms with van der Waals surface area (Å²) >= 11 is 0. The van der Waals surface area contributed by atoms with Gasteiger partial charge in [-0.2, -0.15) is 0 Å². The van der Waals surface area contributed by atoms with Gasteiger partial charge >= 0.3 is 5.69 Å². The Bertz CT molecular complexity index is 541. The van der Waals surface area contributed by atoms with Crippen LogP contribution < -0.4 is 11.4 Å². The molecule has 2 aromatic heterocycles. The lowest BCUT2D eigenvalue weighted by atomic mass is 10.2. The molecule has 0 saturated heterocycles. The maximum absolute atomic E-state index is 11.6. The summed E-state index contributed by atoms with van der Waals surface area (Å²) in [4.78, 5) is 15.8. The zero-order valence-corrected chi connectivity index (χ0v) is 9.13. The molecule has 0 aromatic carbocycles. The van der Waals surface area contributed by atoms with Crippen molar-refractivity contribution >= 4 is 0 Å². The molecular weight excluding hydrogens is 204 g/mol. The SMILES string of the molecule is Cn1ccn(Cc2cccnc2CN)c1=O. The van der Waals surface area contributed by atoms with Crippen molar-refractivity contribution in [1.82, 2.24) is 14.1 Å². The zero-order valence-electron chi connectivity index (χ0n) is 9.13. The Balaban J connectivity index is 2.34. The van der Waals surface area contributed by atoms with Gasteiger partial charge in [-0.3, -0.25) is 9.55 Å². The zero-order chi connectivity index (χ0) is 11.5. The van der Waals surface area contributed by atoms with Gasteiger partial charge < -0.3 is 10.3 Å². The third kappa shape index (κ3) is 1.90. The molecule has 5 heteroatoms. The summed E-state index contributed by atoms with van der Waals surface area (Å²) in [6.45, 7) is 0.901. The molecule has 16 heavy (non-hydrogen) atoms. The average molecular weight is 218 g/mol. The second kappa shape index (κ2) is 4.32. The van der Waals surface area contributed by atoms with E-state index in [2.05, 4.69) is 4.98 Å². The van der Waals surface area contributed by atoms with Gasteiger partial charge in [0, 0.05) is 32.2 Å². The highest BCUT2D eigenvalue weighted by molar-refractivity contribution is 5.19. The minimum absolute atomic E-state index is 0.0353. The Kier molecular flexibility index (Phi) is 2.87. The van der Waals surface area contributed by atoms with E-state index in [4.69, 9.17) is 5.73 Å². The van der Waals surface area contributed by atoms with Gasteiger partial charge in [0.2, 0.25) is 0 Å². The fraction of sp³-hybridized carbons (Fsp3) is 0.273. The Morgan fingerprint density at radius 2 is 2.25 bits per heavy atom. The van der Waals surface area contributed by atoms with Gasteiger partial charge in [-0.05, 0) is 11.6 Å². The Morgan fingerprint density at radius 3 is 2.88 bits per heavy atom. The molecule has 0 aliphatic rings. The fourth-order valence-electron chi connectivity index (χ4n) is 1.61. The first-order valence-electron chi connectivity index (χ1n) is 5.07. The smallest absolute Gasteiger partial charge is 0.325 e. The number of imidazole rings is 1. The second-order valence-corrected chi connectivity index (χ2v) is 3.63. The number of nitrogens with zero attached hydrogens (tertiary/aromatic N) is 3. The molecule has 0 unspecified atom stereocenters. The summed E-state index contributed by atoms with van der Waals surface area (Å²) in [5.41, 5.74) is 7.37. The maximum atomic E-state index is 11.6. The minimum atomic E-state index is -0.0353. The van der Waals surface area contributed by atoms with E-state index in [1.807, 2.05) is 12.1 Å². The number of hydrogen-bond acceptors (Lipinski definition) is 3. The normalized spacial score (nSPS) is 10.6. The van der Waals surface area contributed by atoms with E-state index in [9.17, 15) is 4.79 Å². The molecule has 0 amide bonds. The van der Waals surface area contributed by atoms with Crippen molar-refractivity contribution < 1.29 is 0 Å². The van der Waals surface area contributed by atoms with Gasteiger partial charge in [-0.25, -0.2) is 4.79 Å². The molecule has 2 N–H and O–H groups in total. The standard InChI is InChI=1S/C11H14N4O/c1-14-5-6-15(11(14)16)8-9-3-2-4-13-10(9)7-12/h2-6H,7-8,12H2,1H3. The van der Waals surface area contributed by atoms with E-state index in [1.165, 1.54) is 0 Å². The van der Waals surface area contributed by atoms with E-state index >= 15 is 0 Å². The topological polar surface area (TPSA) is 65.8 Å². The van der Waals surface area contributed by atoms with Crippen LogP contribution in [-0.4, -0.2) is 14.1 Å². The maximum Gasteiger partial charge on any atom is 0.328 e. The number of rotatable bonds is 3. The van der Waals surface area contributed by atoms with Crippen LogP contribution in [0.2, 0.25) is 0 Å². The number of nitrogens with two attached hydrogens (primary N) is 1. The first-order valence-corrected chi connectivity index (χ1v) is 5.07. The van der Waals surface area contributed by atoms with Crippen molar-refractivity contribution in [2.75, 3.05) is 0 Å². The summed E-state index contributed by atoms with van der Waals surface area (Å²) in [5.74, 6) is 0. The molecule has 2 rings (SSSR count). The van der Waals surface area contributed by atoms with Crippen LogP contribution in [0.1, 0.15) is 11.3 Å². The van der Waals surface area contributed by atoms with Crippen molar-refractivity contribution in [3.8, 4) is 0 Å². The Morgan fingerprint density at radius 1 is 1.44 bits per heavy atom. The van der Waals surface area contributed by atoms with E-state index in [0.717, 1.165) is 11.3 Å². The Hall–Kier alpha value is -1.88. The molecule has 0 radical (unpaired) electrons. The van der Waals surface area contributed by atoms with Gasteiger partial charge in [0.25, 0.3) is 0 Å². The van der Waals surface area contributed by atoms with Gasteiger partial charge in [0.15, 0.2) is 0 Å². The minimum Gasteiger partial charge on any atom is -0.325 e. The first-order chi connectivity index (χ1) is 7.72. The molecule has 0 aliphatic heterocycles. The van der Waals surface area contributed by atoms with Crippen molar-refractivity contribution in [1.29, 1.82) is 0 Å². The molecule has 84 valence electrons. The average Bonchev–Trinajstić information content (AvgIpc) is 2.62. The molecular formula is C11H14N4O. The lowest BCUT2D eigenvalue weighted by Crippen LogP contribution is -2.23. The predicted molar refractivity (Wildman–Crippen MR) is 60.9 cm³/mol. The first kappa shape index (κ1) is 10.6. The van der Waals surface area contributed by atoms with E-state index in [0.29, 0.717) is 13.1 Å². The number of aryl methyl sites for hydroxylation is 1. The molecule has 0 bridgehead atoms. The summed E-state index contributed by atoms with van der Waals surface area (Å²) < 4.78 is 3.18. The van der Waals surface area contributed by atoms with Crippen molar-refractivity contribution in [2.24, 2.45) is 12.8 Å². The highest BCUT2D eigenvalue weighted by Crippen LogP contribution is 2.05. The second-order valence-electron chi connectivity index (χ2n) is 3.63. The van der Waals surface area contributed by atoms with Crippen LogP contribution in [0.4, 0.5) is 0 Å². The highest BCUT2D eigenvalue weighted by Gasteiger charge is 2.05. The molecule has 2 aromatic rings. The summed E-state index contributed by atoms with van der Waals surface area (Å²) in [6, 6.07) is 3.79. The molecule has 5 nitrogen and oxygen atoms in total. The summed E-state index contributed by atoms with van der Waals surface area (Å²) in [7, 11) is 1.73. The molecule has 0 saturated carbocycles. The van der Waals surface area contributed by atoms with Gasteiger partial charge in [-0.15, -0.1) is 0 Å². The highest BCUT2D eigenvalue weighted by atomic mass is 16.1. The summed E-state index contributed by atoms with van der Waals surface area (Å²) in [6.07, 6.45) is 5.20. The molecule has 2 heterocycles. The fourth-order valence-corrected chi connectivity index (χ4v) is 1.61. The number of aromatic nitrogens is 3. The van der Waals surface area contributed by atoms with Gasteiger partial charge in [0.1, 0.15) is 0 Å². The van der Waals surface area contributed by atoms with Crippen LogP contribution in [0.25, 0.3) is 0 Å². The monoisotopic (exact) mass is 218 g/mol. The van der Waals surface area contributed by atoms with Crippen LogP contribution in [0.5, 0.6) is 0 Å². The van der Waals surface area contributed by atoms with Crippen molar-refractivity contribution in [3.63, 3.8) is 0 Å². The van der Waals surface area contributed by atoms with Crippen LogP contribution in [-0.2, 0) is 20.1 Å². The lowest BCUT2D eigenvalue weighted by molar-refractivity contribution is 0.707. The third-order valence-corrected chi connectivity index (χ3v) is 2.54. The molecule has 0 atom stereocenters. The Labute approximate surface area is 93.2 Å². The van der Waals surface area contributed by atoms with E-state index in [1.54, 1.807) is 34.8 Å². The van der Waals surface area contributed by atoms with E-state index in [-0.39, 0.29) is 5.69 Å². The molecule has 0 spiro atoms. The number of pyridine rings is 1. The largest absolute Gasteiger partial charge is 0.328 e. The summed E-state index contributed by atoms with van der Waals surface area (Å²) in [5, 5.41) is 0. The van der Waals surface area contributed by atoms with Crippen LogP contribution in [0.3, 0.4) is 0 Å². The van der Waals surface area contributed by atoms with Crippen molar-refractivity contribution in [3.05, 3.63) is 52.5 Å². The van der Waals surface area contributed by atoms with E-state index < -0.39 is 0 Å². The molecule has 0 fully saturated rings. The third-order valence-electron chi connectivity index (χ3n) is 2.54. The molecule has 0 aliphatic carbocycles. The van der Waals surface area contributed by atoms with Crippen LogP contribution in [0, 0.1) is 0 Å². The van der Waals surface area contributed by atoms with Gasteiger partial charge in [-0.1, -0.05) is 6.07 Å². The number of hydrogen-bond donors (Lipinski definition) is 1. The van der Waals surface area contributed by atoms with Crippen LogP contribution >= 0.6 is 0 Å². The van der Waals surface area contributed by atoms with Crippen molar-refractivity contribution in [2.45, 2.75) is 13.1 Å². The quantitative estimate of drug-likeness (QED) is 0.794. The van der Waals surface area contributed by atoms with Gasteiger partial charge in [0.05, 0.1) is 12.2 Å². The predicted octanol–water partition coefficient (Wildman–Crippen LogP) is 0.0888. The lowest BCUT2D eigenvalue weighted by Gasteiger charge is -2.06.